The van der Waals surface area contributed by atoms with E-state index < -0.39 is 29.1 Å². The number of esters is 1. The van der Waals surface area contributed by atoms with Crippen molar-refractivity contribution in [1.82, 2.24) is 4.72 Å². The van der Waals surface area contributed by atoms with Gasteiger partial charge in [-0.3, -0.25) is 9.59 Å². The van der Waals surface area contributed by atoms with Crippen LogP contribution in [0.2, 0.25) is 0 Å². The molecule has 26 heavy (non-hydrogen) atoms. The molecule has 0 bridgehead atoms. The van der Waals surface area contributed by atoms with Crippen LogP contribution in [-0.2, 0) is 19.6 Å². The van der Waals surface area contributed by atoms with Crippen molar-refractivity contribution in [2.45, 2.75) is 25.7 Å². The second-order valence-electron chi connectivity index (χ2n) is 6.04. The molecule has 0 saturated heterocycles. The zero-order valence-electron chi connectivity index (χ0n) is 14.9. The van der Waals surface area contributed by atoms with Crippen LogP contribution < -0.4 is 4.72 Å². The molecule has 0 radical (unpaired) electrons. The van der Waals surface area contributed by atoms with E-state index >= 15 is 0 Å². The molecular formula is C19H21NO5S. The Morgan fingerprint density at radius 2 is 1.58 bits per heavy atom. The van der Waals surface area contributed by atoms with Crippen molar-refractivity contribution in [3.05, 3.63) is 64.7 Å². The van der Waals surface area contributed by atoms with E-state index in [-0.39, 0.29) is 10.7 Å². The van der Waals surface area contributed by atoms with Gasteiger partial charge in [-0.05, 0) is 38.5 Å². The molecule has 6 nitrogen and oxygen atoms in total. The van der Waals surface area contributed by atoms with Gasteiger partial charge in [-0.15, -0.1) is 0 Å². The molecule has 2 aromatic rings. The summed E-state index contributed by atoms with van der Waals surface area (Å²) in [5.74, 6) is -1.16. The van der Waals surface area contributed by atoms with Crippen molar-refractivity contribution in [2.75, 3.05) is 13.2 Å². The highest BCUT2D eigenvalue weighted by molar-refractivity contribution is 7.89. The molecule has 2 rings (SSSR count). The van der Waals surface area contributed by atoms with Gasteiger partial charge in [-0.25, -0.2) is 8.42 Å². The number of carbonyl (C=O) groups is 2. The summed E-state index contributed by atoms with van der Waals surface area (Å²) >= 11 is 0. The molecule has 0 heterocycles. The van der Waals surface area contributed by atoms with E-state index in [1.807, 2.05) is 19.9 Å². The van der Waals surface area contributed by atoms with E-state index in [0.29, 0.717) is 5.56 Å². The average Bonchev–Trinajstić information content (AvgIpc) is 2.58. The van der Waals surface area contributed by atoms with Crippen LogP contribution in [-0.4, -0.2) is 33.3 Å². The number of rotatable bonds is 7. The predicted octanol–water partition coefficient (Wildman–Crippen LogP) is 2.32. The summed E-state index contributed by atoms with van der Waals surface area (Å²) in [6, 6.07) is 11.6. The third-order valence-electron chi connectivity index (χ3n) is 3.78. The molecule has 0 aliphatic heterocycles. The lowest BCUT2D eigenvalue weighted by molar-refractivity contribution is -0.141. The molecule has 0 aliphatic rings. The summed E-state index contributed by atoms with van der Waals surface area (Å²) < 4.78 is 31.2. The number of hydrogen-bond donors (Lipinski definition) is 1. The third-order valence-corrected chi connectivity index (χ3v) is 5.20. The molecule has 1 N–H and O–H groups in total. The van der Waals surface area contributed by atoms with Gasteiger partial charge in [0.15, 0.2) is 6.61 Å². The van der Waals surface area contributed by atoms with Crippen LogP contribution in [0.25, 0.3) is 0 Å². The molecule has 7 heteroatoms. The first-order valence-corrected chi connectivity index (χ1v) is 9.50. The lowest BCUT2D eigenvalue weighted by Gasteiger charge is -2.09. The highest BCUT2D eigenvalue weighted by atomic mass is 32.2. The van der Waals surface area contributed by atoms with Crippen LogP contribution in [0, 0.1) is 20.8 Å². The SMILES string of the molecule is Cc1ccc(S(=O)(=O)NCC(=O)OCC(=O)c2ccc(C)cc2C)cc1. The third kappa shape index (κ3) is 5.24. The van der Waals surface area contributed by atoms with Gasteiger partial charge in [0.25, 0.3) is 0 Å². The minimum absolute atomic E-state index is 0.0576. The molecule has 0 amide bonds. The highest BCUT2D eigenvalue weighted by Gasteiger charge is 2.17. The molecule has 0 saturated carbocycles. The van der Waals surface area contributed by atoms with Crippen molar-refractivity contribution < 1.29 is 22.7 Å². The fourth-order valence-corrected chi connectivity index (χ4v) is 3.32. The first kappa shape index (κ1) is 19.8. The van der Waals surface area contributed by atoms with E-state index in [9.17, 15) is 18.0 Å². The largest absolute Gasteiger partial charge is 0.456 e. The maximum Gasteiger partial charge on any atom is 0.321 e. The fraction of sp³-hybridized carbons (Fsp3) is 0.263. The minimum atomic E-state index is -3.81. The van der Waals surface area contributed by atoms with Crippen molar-refractivity contribution >= 4 is 21.8 Å². The number of nitrogens with one attached hydrogen (secondary N) is 1. The number of ether oxygens (including phenoxy) is 1. The second kappa shape index (κ2) is 8.25. The monoisotopic (exact) mass is 375 g/mol. The van der Waals surface area contributed by atoms with Gasteiger partial charge in [0.05, 0.1) is 4.90 Å². The number of sulfonamides is 1. The molecule has 0 aromatic heterocycles. The van der Waals surface area contributed by atoms with Gasteiger partial charge in [0.2, 0.25) is 15.8 Å². The molecule has 0 atom stereocenters. The molecule has 0 fully saturated rings. The van der Waals surface area contributed by atoms with Gasteiger partial charge in [-0.2, -0.15) is 4.72 Å². The van der Waals surface area contributed by atoms with Gasteiger partial charge in [0, 0.05) is 5.56 Å². The Balaban J connectivity index is 1.88. The summed E-state index contributed by atoms with van der Waals surface area (Å²) in [7, 11) is -3.81. The summed E-state index contributed by atoms with van der Waals surface area (Å²) in [6.07, 6.45) is 0. The predicted molar refractivity (Wildman–Crippen MR) is 97.6 cm³/mol. The van der Waals surface area contributed by atoms with Crippen molar-refractivity contribution in [1.29, 1.82) is 0 Å². The zero-order chi connectivity index (χ0) is 19.3. The molecule has 0 spiro atoms. The van der Waals surface area contributed by atoms with Crippen LogP contribution in [0.4, 0.5) is 0 Å². The first-order chi connectivity index (χ1) is 12.2. The number of aryl methyl sites for hydroxylation is 3. The quantitative estimate of drug-likeness (QED) is 0.592. The Kier molecular flexibility index (Phi) is 6.28. The lowest BCUT2D eigenvalue weighted by Crippen LogP contribution is -2.31. The van der Waals surface area contributed by atoms with E-state index in [4.69, 9.17) is 4.74 Å². The van der Waals surface area contributed by atoms with E-state index in [1.165, 1.54) is 12.1 Å². The summed E-state index contributed by atoms with van der Waals surface area (Å²) in [6.45, 7) is 4.58. The lowest BCUT2D eigenvalue weighted by atomic mass is 10.0. The van der Waals surface area contributed by atoms with Crippen LogP contribution in [0.5, 0.6) is 0 Å². The van der Waals surface area contributed by atoms with Gasteiger partial charge < -0.3 is 4.74 Å². The van der Waals surface area contributed by atoms with Gasteiger partial charge in [0.1, 0.15) is 6.54 Å². The molecule has 0 aliphatic carbocycles. The summed E-state index contributed by atoms with van der Waals surface area (Å²) in [5.41, 5.74) is 3.23. The average molecular weight is 375 g/mol. The number of hydrogen-bond acceptors (Lipinski definition) is 5. The van der Waals surface area contributed by atoms with E-state index in [0.717, 1.165) is 16.7 Å². The maximum atomic E-state index is 12.1. The Labute approximate surface area is 153 Å². The Hall–Kier alpha value is -2.51. The number of Topliss-reactive ketones (excluding diaryl/α,β-unsaturated/α-hetero) is 1. The zero-order valence-corrected chi connectivity index (χ0v) is 15.7. The topological polar surface area (TPSA) is 89.5 Å². The Bertz CT molecular complexity index is 917. The van der Waals surface area contributed by atoms with Gasteiger partial charge >= 0.3 is 5.97 Å². The first-order valence-electron chi connectivity index (χ1n) is 8.01. The van der Waals surface area contributed by atoms with Crippen molar-refractivity contribution in [2.24, 2.45) is 0 Å². The number of carbonyl (C=O) groups excluding carboxylic acids is 2. The number of ketones is 1. The van der Waals surface area contributed by atoms with E-state index in [2.05, 4.69) is 4.72 Å². The molecular weight excluding hydrogens is 354 g/mol. The molecule has 0 unspecified atom stereocenters. The fourth-order valence-electron chi connectivity index (χ4n) is 2.36. The molecule has 138 valence electrons. The normalized spacial score (nSPS) is 11.2. The van der Waals surface area contributed by atoms with Crippen LogP contribution in [0.3, 0.4) is 0 Å². The Morgan fingerprint density at radius 3 is 2.19 bits per heavy atom. The second-order valence-corrected chi connectivity index (χ2v) is 7.81. The number of benzene rings is 2. The highest BCUT2D eigenvalue weighted by Crippen LogP contribution is 2.12. The summed E-state index contributed by atoms with van der Waals surface area (Å²) in [4.78, 5) is 23.9. The van der Waals surface area contributed by atoms with Crippen LogP contribution in [0.1, 0.15) is 27.0 Å². The summed E-state index contributed by atoms with van der Waals surface area (Å²) in [5, 5.41) is 0. The van der Waals surface area contributed by atoms with Crippen LogP contribution >= 0.6 is 0 Å². The standard InChI is InChI=1S/C19H21NO5S/c1-13-4-7-16(8-5-13)26(23,24)20-11-19(22)25-12-18(21)17-9-6-14(2)10-15(17)3/h4-10,20H,11-12H2,1-3H3. The van der Waals surface area contributed by atoms with Crippen molar-refractivity contribution in [3.8, 4) is 0 Å². The molecule has 2 aromatic carbocycles. The van der Waals surface area contributed by atoms with E-state index in [1.54, 1.807) is 31.2 Å². The van der Waals surface area contributed by atoms with Crippen molar-refractivity contribution in [3.63, 3.8) is 0 Å². The maximum absolute atomic E-state index is 12.1. The smallest absolute Gasteiger partial charge is 0.321 e. The Morgan fingerprint density at radius 1 is 0.962 bits per heavy atom. The van der Waals surface area contributed by atoms with Crippen LogP contribution in [0.15, 0.2) is 47.4 Å². The van der Waals surface area contributed by atoms with Gasteiger partial charge in [-0.1, -0.05) is 41.5 Å². The minimum Gasteiger partial charge on any atom is -0.456 e.